The number of halogens is 3. The second kappa shape index (κ2) is 4.51. The van der Waals surface area contributed by atoms with E-state index in [1.807, 2.05) is 0 Å². The van der Waals surface area contributed by atoms with Crippen LogP contribution in [0.4, 0.5) is 18.9 Å². The van der Waals surface area contributed by atoms with Crippen LogP contribution < -0.4 is 5.32 Å². The van der Waals surface area contributed by atoms with Gasteiger partial charge < -0.3 is 10.4 Å². The molecule has 1 aliphatic rings. The summed E-state index contributed by atoms with van der Waals surface area (Å²) in [5.74, 6) is -0.901. The zero-order valence-electron chi connectivity index (χ0n) is 9.37. The summed E-state index contributed by atoms with van der Waals surface area (Å²) >= 11 is 0. The van der Waals surface area contributed by atoms with Crippen LogP contribution in [0.3, 0.4) is 0 Å². The van der Waals surface area contributed by atoms with Crippen LogP contribution in [0.25, 0.3) is 0 Å². The van der Waals surface area contributed by atoms with Gasteiger partial charge in [-0.2, -0.15) is 13.2 Å². The summed E-state index contributed by atoms with van der Waals surface area (Å²) < 4.78 is 37.0. The van der Waals surface area contributed by atoms with Gasteiger partial charge in [-0.1, -0.05) is 0 Å². The number of carboxylic acid groups (broad SMARTS) is 1. The maximum Gasteiger partial charge on any atom is 0.416 e. The Labute approximate surface area is 102 Å². The van der Waals surface area contributed by atoms with E-state index in [1.165, 1.54) is 12.1 Å². The Morgan fingerprint density at radius 3 is 2.22 bits per heavy atom. The normalized spacial score (nSPS) is 17.3. The average molecular weight is 259 g/mol. The summed E-state index contributed by atoms with van der Waals surface area (Å²) in [5.41, 5.74) is -0.353. The van der Waals surface area contributed by atoms with E-state index < -0.39 is 23.8 Å². The van der Waals surface area contributed by atoms with E-state index in [2.05, 4.69) is 5.32 Å². The van der Waals surface area contributed by atoms with Crippen molar-refractivity contribution in [1.29, 1.82) is 0 Å². The second-order valence-corrected chi connectivity index (χ2v) is 4.37. The molecular weight excluding hydrogens is 247 g/mol. The lowest BCUT2D eigenvalue weighted by molar-refractivity contribution is -0.139. The third-order valence-corrected chi connectivity index (χ3v) is 2.89. The van der Waals surface area contributed by atoms with Crippen LogP contribution in [0.15, 0.2) is 24.3 Å². The van der Waals surface area contributed by atoms with E-state index in [9.17, 15) is 18.0 Å². The zero-order valence-corrected chi connectivity index (χ0v) is 9.37. The number of aliphatic carboxylic acids is 1. The third-order valence-electron chi connectivity index (χ3n) is 2.89. The number of hydrogen-bond acceptors (Lipinski definition) is 2. The van der Waals surface area contributed by atoms with Gasteiger partial charge in [0.1, 0.15) is 6.04 Å². The Morgan fingerprint density at radius 2 is 1.83 bits per heavy atom. The van der Waals surface area contributed by atoms with Gasteiger partial charge in [-0.05, 0) is 43.0 Å². The van der Waals surface area contributed by atoms with Crippen LogP contribution in [-0.2, 0) is 11.0 Å². The van der Waals surface area contributed by atoms with Crippen molar-refractivity contribution in [2.45, 2.75) is 25.1 Å². The Bertz CT molecular complexity index is 438. The first-order chi connectivity index (χ1) is 8.38. The summed E-state index contributed by atoms with van der Waals surface area (Å²) in [6, 6.07) is 3.66. The van der Waals surface area contributed by atoms with Gasteiger partial charge in [-0.15, -0.1) is 0 Å². The maximum atomic E-state index is 12.3. The molecule has 0 bridgehead atoms. The Balaban J connectivity index is 2.07. The van der Waals surface area contributed by atoms with Crippen molar-refractivity contribution in [3.8, 4) is 0 Å². The Morgan fingerprint density at radius 1 is 1.28 bits per heavy atom. The Kier molecular flexibility index (Phi) is 3.19. The van der Waals surface area contributed by atoms with E-state index >= 15 is 0 Å². The van der Waals surface area contributed by atoms with Crippen molar-refractivity contribution in [2.75, 3.05) is 5.32 Å². The molecular formula is C12H12F3NO2. The molecule has 1 aliphatic carbocycles. The summed E-state index contributed by atoms with van der Waals surface area (Å²) in [6.45, 7) is 0. The minimum Gasteiger partial charge on any atom is -0.480 e. The van der Waals surface area contributed by atoms with Crippen molar-refractivity contribution in [2.24, 2.45) is 5.92 Å². The van der Waals surface area contributed by atoms with Crippen molar-refractivity contribution >= 4 is 11.7 Å². The van der Waals surface area contributed by atoms with E-state index in [4.69, 9.17) is 5.11 Å². The molecule has 0 saturated heterocycles. The summed E-state index contributed by atoms with van der Waals surface area (Å²) in [7, 11) is 0. The molecule has 98 valence electrons. The Hall–Kier alpha value is -1.72. The number of alkyl halides is 3. The van der Waals surface area contributed by atoms with Gasteiger partial charge in [0.05, 0.1) is 5.56 Å². The van der Waals surface area contributed by atoms with Gasteiger partial charge >= 0.3 is 12.1 Å². The fourth-order valence-electron chi connectivity index (χ4n) is 1.75. The van der Waals surface area contributed by atoms with Gasteiger partial charge in [0, 0.05) is 5.69 Å². The lowest BCUT2D eigenvalue weighted by atomic mass is 10.1. The number of nitrogens with one attached hydrogen (secondary N) is 1. The van der Waals surface area contributed by atoms with Gasteiger partial charge in [-0.3, -0.25) is 0 Å². The number of carboxylic acids is 1. The molecule has 6 heteroatoms. The van der Waals surface area contributed by atoms with Gasteiger partial charge in [-0.25, -0.2) is 4.79 Å². The van der Waals surface area contributed by atoms with E-state index in [0.29, 0.717) is 5.69 Å². The quantitative estimate of drug-likeness (QED) is 0.873. The van der Waals surface area contributed by atoms with E-state index in [0.717, 1.165) is 25.0 Å². The molecule has 1 fully saturated rings. The molecule has 1 aromatic rings. The number of hydrogen-bond donors (Lipinski definition) is 2. The van der Waals surface area contributed by atoms with Crippen LogP contribution in [0.5, 0.6) is 0 Å². The lowest BCUT2D eigenvalue weighted by Gasteiger charge is -2.15. The molecule has 1 aromatic carbocycles. The minimum atomic E-state index is -4.37. The summed E-state index contributed by atoms with van der Waals surface area (Å²) in [5, 5.41) is 11.7. The fraction of sp³-hybridized carbons (Fsp3) is 0.417. The molecule has 2 rings (SSSR count). The molecule has 1 atom stereocenters. The first kappa shape index (κ1) is 12.7. The van der Waals surface area contributed by atoms with Gasteiger partial charge in [0.2, 0.25) is 0 Å². The predicted molar refractivity (Wildman–Crippen MR) is 59.2 cm³/mol. The first-order valence-electron chi connectivity index (χ1n) is 5.54. The van der Waals surface area contributed by atoms with Crippen molar-refractivity contribution in [3.05, 3.63) is 29.8 Å². The summed E-state index contributed by atoms with van der Waals surface area (Å²) in [4.78, 5) is 11.0. The van der Waals surface area contributed by atoms with Gasteiger partial charge in [0.15, 0.2) is 0 Å². The molecule has 0 aliphatic heterocycles. The van der Waals surface area contributed by atoms with Crippen LogP contribution in [0, 0.1) is 5.92 Å². The minimum absolute atomic E-state index is 0.0739. The van der Waals surface area contributed by atoms with Crippen LogP contribution in [-0.4, -0.2) is 17.1 Å². The molecule has 2 N–H and O–H groups in total. The molecule has 0 aromatic heterocycles. The van der Waals surface area contributed by atoms with Crippen molar-refractivity contribution in [1.82, 2.24) is 0 Å². The molecule has 3 nitrogen and oxygen atoms in total. The molecule has 0 amide bonds. The lowest BCUT2D eigenvalue weighted by Crippen LogP contribution is -2.31. The predicted octanol–water partition coefficient (Wildman–Crippen LogP) is 2.98. The largest absolute Gasteiger partial charge is 0.480 e. The molecule has 1 unspecified atom stereocenters. The van der Waals surface area contributed by atoms with Gasteiger partial charge in [0.25, 0.3) is 0 Å². The zero-order chi connectivity index (χ0) is 13.3. The first-order valence-corrected chi connectivity index (χ1v) is 5.54. The van der Waals surface area contributed by atoms with Crippen LogP contribution in [0.2, 0.25) is 0 Å². The molecule has 0 radical (unpaired) electrons. The standard InChI is InChI=1S/C12H12F3NO2/c13-12(14,15)8-3-5-9(6-4-8)16-10(11(17)18)7-1-2-7/h3-7,10,16H,1-2H2,(H,17,18). The molecule has 1 saturated carbocycles. The number of benzene rings is 1. The third kappa shape index (κ3) is 2.94. The smallest absolute Gasteiger partial charge is 0.416 e. The highest BCUT2D eigenvalue weighted by atomic mass is 19.4. The number of rotatable bonds is 4. The molecule has 0 heterocycles. The average Bonchev–Trinajstić information content (AvgIpc) is 3.08. The van der Waals surface area contributed by atoms with E-state index in [-0.39, 0.29) is 5.92 Å². The molecule has 18 heavy (non-hydrogen) atoms. The topological polar surface area (TPSA) is 49.3 Å². The highest BCUT2D eigenvalue weighted by Gasteiger charge is 2.36. The molecule has 0 spiro atoms. The van der Waals surface area contributed by atoms with Crippen molar-refractivity contribution in [3.63, 3.8) is 0 Å². The highest BCUT2D eigenvalue weighted by molar-refractivity contribution is 5.78. The fourth-order valence-corrected chi connectivity index (χ4v) is 1.75. The second-order valence-electron chi connectivity index (χ2n) is 4.37. The van der Waals surface area contributed by atoms with Crippen LogP contribution >= 0.6 is 0 Å². The maximum absolute atomic E-state index is 12.3. The number of carbonyl (C=O) groups is 1. The van der Waals surface area contributed by atoms with Crippen molar-refractivity contribution < 1.29 is 23.1 Å². The van der Waals surface area contributed by atoms with Crippen LogP contribution in [0.1, 0.15) is 18.4 Å². The van der Waals surface area contributed by atoms with E-state index in [1.54, 1.807) is 0 Å². The monoisotopic (exact) mass is 259 g/mol. The number of anilines is 1. The SMILES string of the molecule is O=C(O)C(Nc1ccc(C(F)(F)F)cc1)C1CC1. The highest BCUT2D eigenvalue weighted by Crippen LogP contribution is 2.35. The summed E-state index contributed by atoms with van der Waals surface area (Å²) in [6.07, 6.45) is -2.70.